The molecule has 0 unspecified atom stereocenters. The van der Waals surface area contributed by atoms with E-state index in [1.807, 2.05) is 122 Å². The van der Waals surface area contributed by atoms with Gasteiger partial charge in [0.15, 0.2) is 0 Å². The number of ether oxygens (including phenoxy) is 2. The largest absolute Gasteiger partial charge is 0.495 e. The summed E-state index contributed by atoms with van der Waals surface area (Å²) < 4.78 is 13.1. The van der Waals surface area contributed by atoms with Crippen LogP contribution in [0.3, 0.4) is 0 Å². The normalized spacial score (nSPS) is 10.9. The molecule has 58 heavy (non-hydrogen) atoms. The smallest absolute Gasteiger partial charge is 0.136 e. The highest BCUT2D eigenvalue weighted by molar-refractivity contribution is 6.05. The molecular weight excluding hydrogens is 713 g/mol. The van der Waals surface area contributed by atoms with Crippen molar-refractivity contribution >= 4 is 0 Å². The summed E-state index contributed by atoms with van der Waals surface area (Å²) in [5.74, 6) is 1.29. The van der Waals surface area contributed by atoms with Gasteiger partial charge in [-0.2, -0.15) is 0 Å². The Morgan fingerprint density at radius 2 is 0.483 bits per heavy atom. The molecule has 0 radical (unpaired) electrons. The molecule has 0 aliphatic rings. The van der Waals surface area contributed by atoms with Gasteiger partial charge in [-0.05, 0) is 24.3 Å². The summed E-state index contributed by atoms with van der Waals surface area (Å²) in [6.07, 6.45) is 7.63. The molecule has 4 heterocycles. The Balaban J connectivity index is 1.32. The van der Waals surface area contributed by atoms with Crippen molar-refractivity contribution in [2.75, 3.05) is 14.2 Å². The molecular formula is C52H38N4O2. The highest BCUT2D eigenvalue weighted by Gasteiger charge is 2.30. The second kappa shape index (κ2) is 16.2. The molecule has 6 heteroatoms. The van der Waals surface area contributed by atoms with Gasteiger partial charge in [0.05, 0.1) is 37.0 Å². The number of benzene rings is 5. The number of pyridine rings is 4. The zero-order chi connectivity index (χ0) is 39.3. The summed E-state index contributed by atoms with van der Waals surface area (Å²) in [6, 6.07) is 57.3. The van der Waals surface area contributed by atoms with Crippen molar-refractivity contribution in [3.8, 4) is 101 Å². The Bertz CT molecular complexity index is 2390. The van der Waals surface area contributed by atoms with E-state index in [0.717, 1.165) is 89.5 Å². The summed E-state index contributed by atoms with van der Waals surface area (Å²) in [4.78, 5) is 19.9. The predicted octanol–water partition coefficient (Wildman–Crippen LogP) is 12.6. The summed E-state index contributed by atoms with van der Waals surface area (Å²) in [6.45, 7) is 0. The van der Waals surface area contributed by atoms with Crippen LogP contribution in [0.15, 0.2) is 195 Å². The lowest BCUT2D eigenvalue weighted by Gasteiger charge is -2.26. The van der Waals surface area contributed by atoms with E-state index in [9.17, 15) is 0 Å². The molecule has 0 fully saturated rings. The molecule has 278 valence electrons. The lowest BCUT2D eigenvalue weighted by Crippen LogP contribution is -2.03. The Morgan fingerprint density at radius 1 is 0.259 bits per heavy atom. The van der Waals surface area contributed by atoms with Crippen LogP contribution >= 0.6 is 0 Å². The zero-order valence-corrected chi connectivity index (χ0v) is 32.1. The maximum absolute atomic E-state index is 6.57. The van der Waals surface area contributed by atoms with Crippen molar-refractivity contribution in [2.45, 2.75) is 0 Å². The molecule has 0 atom stereocenters. The molecule has 0 saturated heterocycles. The topological polar surface area (TPSA) is 70.0 Å². The van der Waals surface area contributed by atoms with E-state index in [4.69, 9.17) is 29.4 Å². The van der Waals surface area contributed by atoms with Crippen LogP contribution in [0.1, 0.15) is 0 Å². The van der Waals surface area contributed by atoms with Crippen LogP contribution in [-0.4, -0.2) is 34.2 Å². The number of nitrogens with zero attached hydrogens (tertiary/aromatic N) is 4. The van der Waals surface area contributed by atoms with Crippen LogP contribution in [0.25, 0.3) is 89.5 Å². The molecule has 5 aromatic carbocycles. The Morgan fingerprint density at radius 3 is 0.655 bits per heavy atom. The van der Waals surface area contributed by atoms with E-state index in [-0.39, 0.29) is 0 Å². The van der Waals surface area contributed by atoms with Crippen molar-refractivity contribution in [3.05, 3.63) is 195 Å². The third kappa shape index (κ3) is 6.99. The molecule has 9 rings (SSSR count). The van der Waals surface area contributed by atoms with Gasteiger partial charge in [0.2, 0.25) is 0 Å². The molecule has 0 saturated carbocycles. The fraction of sp³-hybridized carbons (Fsp3) is 0.0385. The van der Waals surface area contributed by atoms with Gasteiger partial charge in [-0.25, -0.2) is 0 Å². The Kier molecular flexibility index (Phi) is 10.0. The molecule has 0 aliphatic carbocycles. The molecule has 9 aromatic rings. The summed E-state index contributed by atoms with van der Waals surface area (Å²) in [7, 11) is 3.43. The van der Waals surface area contributed by atoms with Gasteiger partial charge < -0.3 is 9.47 Å². The minimum Gasteiger partial charge on any atom is -0.495 e. The first-order valence-electron chi connectivity index (χ1n) is 19.1. The summed E-state index contributed by atoms with van der Waals surface area (Å²) >= 11 is 0. The highest BCUT2D eigenvalue weighted by atomic mass is 16.5. The van der Waals surface area contributed by atoms with Crippen molar-refractivity contribution in [3.63, 3.8) is 0 Å². The molecule has 0 aliphatic heterocycles. The molecule has 6 nitrogen and oxygen atoms in total. The quantitative estimate of drug-likeness (QED) is 0.139. The molecule has 0 N–H and O–H groups in total. The number of rotatable bonds is 10. The van der Waals surface area contributed by atoms with Crippen LogP contribution in [0.4, 0.5) is 0 Å². The zero-order valence-electron chi connectivity index (χ0n) is 32.1. The monoisotopic (exact) mass is 750 g/mol. The summed E-state index contributed by atoms with van der Waals surface area (Å²) in [5.41, 5.74) is 14.3. The Hall–Kier alpha value is -7.70. The second-order valence-electron chi connectivity index (χ2n) is 13.8. The highest BCUT2D eigenvalue weighted by Crippen LogP contribution is 2.56. The maximum Gasteiger partial charge on any atom is 0.136 e. The minimum absolute atomic E-state index is 0.647. The lowest BCUT2D eigenvalue weighted by molar-refractivity contribution is 0.408. The van der Waals surface area contributed by atoms with E-state index in [1.165, 1.54) is 0 Å². The SMILES string of the molecule is COc1c(-c2ccc(-c3ccccc3)nc2)c(-c2ccc(-c3ccccc3)nc2)c(OC)c(-c2ccc(-c3ccccc3)nc2)c1-c1ccc(-c2ccccc2)nc1. The molecule has 0 amide bonds. The van der Waals surface area contributed by atoms with E-state index >= 15 is 0 Å². The molecule has 0 bridgehead atoms. The third-order valence-corrected chi connectivity index (χ3v) is 10.3. The van der Waals surface area contributed by atoms with Crippen molar-refractivity contribution in [2.24, 2.45) is 0 Å². The van der Waals surface area contributed by atoms with E-state index < -0.39 is 0 Å². The fourth-order valence-corrected chi connectivity index (χ4v) is 7.50. The van der Waals surface area contributed by atoms with E-state index in [2.05, 4.69) is 72.8 Å². The van der Waals surface area contributed by atoms with E-state index in [0.29, 0.717) is 11.5 Å². The van der Waals surface area contributed by atoms with Crippen molar-refractivity contribution < 1.29 is 9.47 Å². The maximum atomic E-state index is 6.57. The van der Waals surface area contributed by atoms with Crippen molar-refractivity contribution in [1.82, 2.24) is 19.9 Å². The van der Waals surface area contributed by atoms with Gasteiger partial charge in [-0.15, -0.1) is 0 Å². The van der Waals surface area contributed by atoms with Crippen LogP contribution in [-0.2, 0) is 0 Å². The number of hydrogen-bond donors (Lipinski definition) is 0. The standard InChI is InChI=1S/C52H38N4O2/c1-57-51-47(39-23-27-43(53-31-39)35-15-7-3-8-16-35)49(41-25-29-45(55-33-41)37-19-11-5-12-20-37)52(58-2)50(42-26-30-46(56-34-42)38-21-13-6-14-22-38)48(51)40-24-28-44(54-32-40)36-17-9-4-10-18-36/h3-34H,1-2H3. The van der Waals surface area contributed by atoms with Gasteiger partial charge in [0.25, 0.3) is 0 Å². The van der Waals surface area contributed by atoms with Crippen LogP contribution in [0, 0.1) is 0 Å². The number of aromatic nitrogens is 4. The van der Waals surface area contributed by atoms with Gasteiger partial charge in [-0.1, -0.05) is 146 Å². The molecule has 4 aromatic heterocycles. The average Bonchev–Trinajstić information content (AvgIpc) is 3.32. The van der Waals surface area contributed by atoms with Gasteiger partial charge in [-0.3, -0.25) is 19.9 Å². The first-order valence-corrected chi connectivity index (χ1v) is 19.1. The average molecular weight is 751 g/mol. The van der Waals surface area contributed by atoms with Gasteiger partial charge >= 0.3 is 0 Å². The van der Waals surface area contributed by atoms with Crippen molar-refractivity contribution in [1.29, 1.82) is 0 Å². The fourth-order valence-electron chi connectivity index (χ4n) is 7.50. The summed E-state index contributed by atoms with van der Waals surface area (Å²) in [5, 5.41) is 0. The minimum atomic E-state index is 0.647. The molecule has 0 spiro atoms. The van der Waals surface area contributed by atoms with Crippen LogP contribution < -0.4 is 9.47 Å². The third-order valence-electron chi connectivity index (χ3n) is 10.3. The Labute approximate surface area is 338 Å². The van der Waals surface area contributed by atoms with E-state index in [1.54, 1.807) is 14.2 Å². The number of methoxy groups -OCH3 is 2. The van der Waals surface area contributed by atoms with Crippen LogP contribution in [0.5, 0.6) is 11.5 Å². The number of hydrogen-bond acceptors (Lipinski definition) is 6. The first kappa shape index (κ1) is 36.0. The van der Waals surface area contributed by atoms with Gasteiger partial charge in [0, 0.05) is 91.5 Å². The van der Waals surface area contributed by atoms with Crippen LogP contribution in [0.2, 0.25) is 0 Å². The lowest BCUT2D eigenvalue weighted by atomic mass is 9.84. The second-order valence-corrected chi connectivity index (χ2v) is 13.8. The predicted molar refractivity (Wildman–Crippen MR) is 234 cm³/mol. The van der Waals surface area contributed by atoms with Gasteiger partial charge in [0.1, 0.15) is 11.5 Å². The first-order chi connectivity index (χ1) is 28.7.